The largest absolute Gasteiger partial charge is 0.335 e. The van der Waals surface area contributed by atoms with Gasteiger partial charge in [0.25, 0.3) is 0 Å². The number of fused-ring (bicyclic) bond motifs is 1. The highest BCUT2D eigenvalue weighted by molar-refractivity contribution is 8.15. The van der Waals surface area contributed by atoms with Crippen LogP contribution in [0.25, 0.3) is 0 Å². The van der Waals surface area contributed by atoms with E-state index in [1.807, 2.05) is 54.8 Å². The smallest absolute Gasteiger partial charge is 0.228 e. The predicted octanol–water partition coefficient (Wildman–Crippen LogP) is 3.27. The van der Waals surface area contributed by atoms with Crippen molar-refractivity contribution in [3.8, 4) is 0 Å². The van der Waals surface area contributed by atoms with Gasteiger partial charge in [-0.3, -0.25) is 9.79 Å². The monoisotopic (exact) mass is 447 g/mol. The molecule has 152 valence electrons. The molecule has 2 aromatic rings. The fraction of sp³-hybridized carbons (Fsp3) is 0.300. The Morgan fingerprint density at radius 3 is 2.69 bits per heavy atom. The van der Waals surface area contributed by atoms with Crippen molar-refractivity contribution in [3.05, 3.63) is 54.1 Å². The lowest BCUT2D eigenvalue weighted by molar-refractivity contribution is -0.115. The Bertz CT molecular complexity index is 1050. The molecule has 0 spiro atoms. The van der Waals surface area contributed by atoms with E-state index in [0.717, 1.165) is 27.0 Å². The maximum Gasteiger partial charge on any atom is 0.228 e. The fourth-order valence-electron chi connectivity index (χ4n) is 3.34. The number of thioether (sulfide) groups is 2. The lowest BCUT2D eigenvalue weighted by Gasteiger charge is -2.09. The zero-order valence-corrected chi connectivity index (χ0v) is 18.2. The molecule has 4 rings (SSSR count). The molecule has 0 bridgehead atoms. The maximum absolute atomic E-state index is 12.3. The Balaban J connectivity index is 1.32. The van der Waals surface area contributed by atoms with Gasteiger partial charge in [0.15, 0.2) is 15.0 Å². The van der Waals surface area contributed by atoms with E-state index in [1.54, 1.807) is 11.8 Å². The SMILES string of the molecule is CSc1cccc(NC(=O)Cc2ccc(NC3=N[C@H]4CS(=O)(=O)C[C@H]4S3)cc2)c1. The molecule has 0 aromatic heterocycles. The zero-order chi connectivity index (χ0) is 20.4. The summed E-state index contributed by atoms with van der Waals surface area (Å²) in [6.45, 7) is 0. The normalized spacial score (nSPS) is 22.0. The van der Waals surface area contributed by atoms with Gasteiger partial charge in [-0.15, -0.1) is 11.8 Å². The molecule has 0 radical (unpaired) electrons. The van der Waals surface area contributed by atoms with Gasteiger partial charge in [0, 0.05) is 21.5 Å². The number of hydrogen-bond acceptors (Lipinski definition) is 7. The average molecular weight is 448 g/mol. The molecule has 2 heterocycles. The number of benzene rings is 2. The van der Waals surface area contributed by atoms with Crippen LogP contribution >= 0.6 is 23.5 Å². The van der Waals surface area contributed by atoms with Crippen LogP contribution in [0.1, 0.15) is 5.56 Å². The molecule has 6 nitrogen and oxygen atoms in total. The van der Waals surface area contributed by atoms with Gasteiger partial charge in [0.2, 0.25) is 5.91 Å². The Hall–Kier alpha value is -1.97. The van der Waals surface area contributed by atoms with E-state index in [9.17, 15) is 13.2 Å². The first-order chi connectivity index (χ1) is 13.9. The molecule has 2 N–H and O–H groups in total. The van der Waals surface area contributed by atoms with Crippen molar-refractivity contribution in [2.45, 2.75) is 22.6 Å². The lowest BCUT2D eigenvalue weighted by Crippen LogP contribution is -2.14. The molecular formula is C20H21N3O3S3. The summed E-state index contributed by atoms with van der Waals surface area (Å²) >= 11 is 3.13. The second kappa shape index (κ2) is 8.41. The van der Waals surface area contributed by atoms with Gasteiger partial charge >= 0.3 is 0 Å². The molecule has 0 saturated carbocycles. The average Bonchev–Trinajstić information content (AvgIpc) is 3.16. The van der Waals surface area contributed by atoms with Crippen molar-refractivity contribution >= 4 is 55.8 Å². The number of amides is 1. The van der Waals surface area contributed by atoms with Crippen LogP contribution in [-0.2, 0) is 21.1 Å². The topological polar surface area (TPSA) is 87.6 Å². The van der Waals surface area contributed by atoms with Gasteiger partial charge in [-0.2, -0.15) is 0 Å². The van der Waals surface area contributed by atoms with Crippen molar-refractivity contribution in [2.24, 2.45) is 4.99 Å². The summed E-state index contributed by atoms with van der Waals surface area (Å²) in [5, 5.41) is 6.95. The molecule has 1 amide bonds. The van der Waals surface area contributed by atoms with Crippen LogP contribution in [0.4, 0.5) is 11.4 Å². The molecule has 9 heteroatoms. The summed E-state index contributed by atoms with van der Waals surface area (Å²) in [5.74, 6) is 0.281. The highest BCUT2D eigenvalue weighted by atomic mass is 32.2. The van der Waals surface area contributed by atoms with E-state index in [2.05, 4.69) is 15.6 Å². The van der Waals surface area contributed by atoms with E-state index in [-0.39, 0.29) is 28.7 Å². The van der Waals surface area contributed by atoms with E-state index >= 15 is 0 Å². The van der Waals surface area contributed by atoms with Gasteiger partial charge < -0.3 is 10.6 Å². The number of nitrogens with zero attached hydrogens (tertiary/aromatic N) is 1. The number of amidine groups is 1. The van der Waals surface area contributed by atoms with Gasteiger partial charge in [-0.25, -0.2) is 8.42 Å². The van der Waals surface area contributed by atoms with E-state index < -0.39 is 9.84 Å². The number of rotatable bonds is 5. The summed E-state index contributed by atoms with van der Waals surface area (Å²) in [6.07, 6.45) is 2.29. The van der Waals surface area contributed by atoms with Crippen LogP contribution in [0.5, 0.6) is 0 Å². The standard InChI is InChI=1S/C20H21N3O3S3/c1-27-16-4-2-3-15(10-16)21-19(24)9-13-5-7-14(8-6-13)22-20-23-17-11-29(25,26)12-18(17)28-20/h2-8,10,17-18H,9,11-12H2,1H3,(H,21,24)(H,22,23)/t17-,18+/m0/s1. The first kappa shape index (κ1) is 20.3. The number of anilines is 2. The highest BCUT2D eigenvalue weighted by Gasteiger charge is 2.42. The third-order valence-electron chi connectivity index (χ3n) is 4.74. The highest BCUT2D eigenvalue weighted by Crippen LogP contribution is 2.34. The lowest BCUT2D eigenvalue weighted by atomic mass is 10.1. The van der Waals surface area contributed by atoms with Gasteiger partial charge in [0.05, 0.1) is 24.0 Å². The van der Waals surface area contributed by atoms with E-state index in [1.165, 1.54) is 11.8 Å². The Kier molecular flexibility index (Phi) is 5.89. The third-order valence-corrected chi connectivity index (χ3v) is 8.61. The minimum atomic E-state index is -2.94. The molecule has 2 aliphatic rings. The van der Waals surface area contributed by atoms with Crippen molar-refractivity contribution in [1.82, 2.24) is 0 Å². The minimum Gasteiger partial charge on any atom is -0.335 e. The predicted molar refractivity (Wildman–Crippen MR) is 122 cm³/mol. The molecular weight excluding hydrogens is 426 g/mol. The molecule has 29 heavy (non-hydrogen) atoms. The molecule has 2 aromatic carbocycles. The van der Waals surface area contributed by atoms with Crippen molar-refractivity contribution in [2.75, 3.05) is 28.4 Å². The van der Waals surface area contributed by atoms with Gasteiger partial charge in [-0.1, -0.05) is 30.0 Å². The minimum absolute atomic E-state index is 0.0232. The number of nitrogens with one attached hydrogen (secondary N) is 2. The first-order valence-corrected chi connectivity index (χ1v) is 13.1. The van der Waals surface area contributed by atoms with Crippen LogP contribution in [-0.4, -0.2) is 48.5 Å². The number of aliphatic imine (C=N–C) groups is 1. The van der Waals surface area contributed by atoms with Crippen LogP contribution in [0.3, 0.4) is 0 Å². The van der Waals surface area contributed by atoms with E-state index in [4.69, 9.17) is 0 Å². The van der Waals surface area contributed by atoms with Crippen LogP contribution in [0.2, 0.25) is 0 Å². The second-order valence-corrected chi connectivity index (χ2v) is 11.3. The van der Waals surface area contributed by atoms with E-state index in [0.29, 0.717) is 6.42 Å². The Morgan fingerprint density at radius 2 is 1.97 bits per heavy atom. The zero-order valence-electron chi connectivity index (χ0n) is 15.8. The molecule has 2 aliphatic heterocycles. The molecule has 0 aliphatic carbocycles. The summed E-state index contributed by atoms with van der Waals surface area (Å²) in [4.78, 5) is 17.9. The summed E-state index contributed by atoms with van der Waals surface area (Å²) < 4.78 is 23.3. The van der Waals surface area contributed by atoms with Crippen molar-refractivity contribution in [1.29, 1.82) is 0 Å². The maximum atomic E-state index is 12.3. The molecule has 2 atom stereocenters. The Morgan fingerprint density at radius 1 is 1.17 bits per heavy atom. The summed E-state index contributed by atoms with van der Waals surface area (Å²) in [7, 11) is -2.94. The molecule has 1 fully saturated rings. The van der Waals surface area contributed by atoms with Crippen molar-refractivity contribution < 1.29 is 13.2 Å². The second-order valence-electron chi connectivity index (χ2n) is 7.01. The molecule has 1 saturated heterocycles. The Labute approximate surface area is 178 Å². The number of hydrogen-bond donors (Lipinski definition) is 2. The van der Waals surface area contributed by atoms with Crippen LogP contribution in [0.15, 0.2) is 58.4 Å². The third kappa shape index (κ3) is 5.15. The summed E-state index contributed by atoms with van der Waals surface area (Å²) in [5.41, 5.74) is 2.58. The van der Waals surface area contributed by atoms with Gasteiger partial charge in [-0.05, 0) is 42.2 Å². The molecule has 0 unspecified atom stereocenters. The number of sulfone groups is 1. The van der Waals surface area contributed by atoms with Crippen molar-refractivity contribution in [3.63, 3.8) is 0 Å². The number of carbonyl (C=O) groups excluding carboxylic acids is 1. The number of carbonyl (C=O) groups is 1. The van der Waals surface area contributed by atoms with Gasteiger partial charge in [0.1, 0.15) is 0 Å². The quantitative estimate of drug-likeness (QED) is 0.684. The van der Waals surface area contributed by atoms with Crippen LogP contribution < -0.4 is 10.6 Å². The summed E-state index contributed by atoms with van der Waals surface area (Å²) in [6, 6.07) is 15.3. The van der Waals surface area contributed by atoms with Crippen LogP contribution in [0, 0.1) is 0 Å². The first-order valence-electron chi connectivity index (χ1n) is 9.15. The fourth-order valence-corrected chi connectivity index (χ4v) is 7.47.